The van der Waals surface area contributed by atoms with Crippen LogP contribution in [0.25, 0.3) is 0 Å². The van der Waals surface area contributed by atoms with Crippen LogP contribution < -0.4 is 5.32 Å². The molecule has 0 aliphatic rings. The Labute approximate surface area is 134 Å². The summed E-state index contributed by atoms with van der Waals surface area (Å²) in [6, 6.07) is 0.563. The summed E-state index contributed by atoms with van der Waals surface area (Å²) in [6.07, 6.45) is 18.1. The second-order valence-electron chi connectivity index (χ2n) is 6.43. The van der Waals surface area contributed by atoms with Crippen LogP contribution in [0.3, 0.4) is 0 Å². The van der Waals surface area contributed by atoms with Gasteiger partial charge >= 0.3 is 0 Å². The van der Waals surface area contributed by atoms with Crippen molar-refractivity contribution in [3.63, 3.8) is 0 Å². The first-order chi connectivity index (χ1) is 10.3. The molecule has 2 heteroatoms. The second kappa shape index (κ2) is 18.0. The van der Waals surface area contributed by atoms with Crippen LogP contribution >= 0.6 is 0 Å². The molecule has 0 aliphatic heterocycles. The van der Waals surface area contributed by atoms with Crippen molar-refractivity contribution < 1.29 is 4.74 Å². The van der Waals surface area contributed by atoms with Crippen molar-refractivity contribution in [2.45, 2.75) is 103 Å². The Bertz CT molecular complexity index is 184. The second-order valence-corrected chi connectivity index (χ2v) is 6.43. The number of hydrogen-bond acceptors (Lipinski definition) is 2. The fourth-order valence-electron chi connectivity index (χ4n) is 2.85. The van der Waals surface area contributed by atoms with Crippen molar-refractivity contribution in [1.82, 2.24) is 5.32 Å². The van der Waals surface area contributed by atoms with Crippen LogP contribution in [0.1, 0.15) is 97.3 Å². The lowest BCUT2D eigenvalue weighted by molar-refractivity contribution is 0.161. The molecule has 1 N–H and O–H groups in total. The standard InChI is InChI=1S/C19H41NO/c1-4-6-7-8-9-10-11-12-13-14-15-16-19(18-21-3)20-17-5-2/h19-20H,4-18H2,1-3H3. The third-order valence-electron chi connectivity index (χ3n) is 4.21. The zero-order valence-electron chi connectivity index (χ0n) is 15.1. The van der Waals surface area contributed by atoms with Crippen LogP contribution in [0, 0.1) is 0 Å². The molecule has 0 rings (SSSR count). The van der Waals surface area contributed by atoms with E-state index in [1.165, 1.54) is 83.5 Å². The van der Waals surface area contributed by atoms with Gasteiger partial charge in [-0.1, -0.05) is 84.5 Å². The molecule has 0 aromatic heterocycles. The van der Waals surface area contributed by atoms with Crippen LogP contribution in [0.4, 0.5) is 0 Å². The molecule has 2 nitrogen and oxygen atoms in total. The molecule has 0 aromatic rings. The van der Waals surface area contributed by atoms with E-state index in [9.17, 15) is 0 Å². The Balaban J connectivity index is 3.25. The molecule has 0 heterocycles. The molecule has 0 spiro atoms. The Morgan fingerprint density at radius 1 is 0.714 bits per heavy atom. The van der Waals surface area contributed by atoms with Crippen molar-refractivity contribution in [3.05, 3.63) is 0 Å². The Hall–Kier alpha value is -0.0800. The maximum Gasteiger partial charge on any atom is 0.0615 e. The fraction of sp³-hybridized carbons (Fsp3) is 1.00. The number of methoxy groups -OCH3 is 1. The van der Waals surface area contributed by atoms with E-state index in [1.807, 2.05) is 0 Å². The lowest BCUT2D eigenvalue weighted by atomic mass is 10.0. The van der Waals surface area contributed by atoms with Gasteiger partial charge in [-0.05, 0) is 19.4 Å². The largest absolute Gasteiger partial charge is 0.383 e. The minimum Gasteiger partial charge on any atom is -0.383 e. The lowest BCUT2D eigenvalue weighted by Crippen LogP contribution is -2.33. The predicted molar refractivity (Wildman–Crippen MR) is 95.0 cm³/mol. The van der Waals surface area contributed by atoms with Gasteiger partial charge in [0.05, 0.1) is 6.61 Å². The average Bonchev–Trinajstić information content (AvgIpc) is 2.50. The van der Waals surface area contributed by atoms with Gasteiger partial charge in [0, 0.05) is 13.2 Å². The highest BCUT2D eigenvalue weighted by atomic mass is 16.5. The summed E-state index contributed by atoms with van der Waals surface area (Å²) in [7, 11) is 1.81. The van der Waals surface area contributed by atoms with Gasteiger partial charge in [-0.25, -0.2) is 0 Å². The van der Waals surface area contributed by atoms with Crippen LogP contribution in [-0.4, -0.2) is 26.3 Å². The van der Waals surface area contributed by atoms with Gasteiger partial charge in [0.25, 0.3) is 0 Å². The lowest BCUT2D eigenvalue weighted by Gasteiger charge is -2.17. The van der Waals surface area contributed by atoms with Gasteiger partial charge in [-0.2, -0.15) is 0 Å². The summed E-state index contributed by atoms with van der Waals surface area (Å²) >= 11 is 0. The van der Waals surface area contributed by atoms with Crippen molar-refractivity contribution in [2.75, 3.05) is 20.3 Å². The van der Waals surface area contributed by atoms with E-state index in [0.717, 1.165) is 13.2 Å². The summed E-state index contributed by atoms with van der Waals surface area (Å²) in [5, 5.41) is 3.58. The quantitative estimate of drug-likeness (QED) is 0.348. The van der Waals surface area contributed by atoms with E-state index in [0.29, 0.717) is 6.04 Å². The fourth-order valence-corrected chi connectivity index (χ4v) is 2.85. The van der Waals surface area contributed by atoms with Gasteiger partial charge in [-0.3, -0.25) is 0 Å². The average molecular weight is 300 g/mol. The smallest absolute Gasteiger partial charge is 0.0615 e. The molecular formula is C19H41NO. The maximum absolute atomic E-state index is 5.29. The molecule has 0 aliphatic carbocycles. The summed E-state index contributed by atoms with van der Waals surface area (Å²) in [4.78, 5) is 0. The summed E-state index contributed by atoms with van der Waals surface area (Å²) < 4.78 is 5.29. The molecule has 21 heavy (non-hydrogen) atoms. The molecule has 0 saturated carbocycles. The van der Waals surface area contributed by atoms with E-state index in [1.54, 1.807) is 7.11 Å². The molecule has 128 valence electrons. The molecule has 0 saturated heterocycles. The van der Waals surface area contributed by atoms with Crippen LogP contribution in [-0.2, 0) is 4.74 Å². The minimum absolute atomic E-state index is 0.563. The van der Waals surface area contributed by atoms with E-state index in [2.05, 4.69) is 19.2 Å². The predicted octanol–water partition coefficient (Wildman–Crippen LogP) is 5.70. The van der Waals surface area contributed by atoms with E-state index < -0.39 is 0 Å². The Morgan fingerprint density at radius 3 is 1.71 bits per heavy atom. The Kier molecular flexibility index (Phi) is 17.9. The first-order valence-corrected chi connectivity index (χ1v) is 9.57. The number of unbranched alkanes of at least 4 members (excludes halogenated alkanes) is 10. The molecule has 0 fully saturated rings. The summed E-state index contributed by atoms with van der Waals surface area (Å²) in [5.41, 5.74) is 0. The highest BCUT2D eigenvalue weighted by molar-refractivity contribution is 4.65. The first kappa shape index (κ1) is 20.9. The number of nitrogens with one attached hydrogen (secondary N) is 1. The molecule has 0 amide bonds. The number of hydrogen-bond donors (Lipinski definition) is 1. The molecule has 0 aromatic carbocycles. The van der Waals surface area contributed by atoms with Gasteiger partial charge < -0.3 is 10.1 Å². The SMILES string of the molecule is CCCCCCCCCCCCCC(COC)NCCC. The van der Waals surface area contributed by atoms with Crippen molar-refractivity contribution in [1.29, 1.82) is 0 Å². The third kappa shape index (κ3) is 16.1. The van der Waals surface area contributed by atoms with Gasteiger partial charge in [0.2, 0.25) is 0 Å². The molecule has 0 radical (unpaired) electrons. The molecule has 0 bridgehead atoms. The van der Waals surface area contributed by atoms with Crippen LogP contribution in [0.2, 0.25) is 0 Å². The molecular weight excluding hydrogens is 258 g/mol. The van der Waals surface area contributed by atoms with Crippen molar-refractivity contribution in [2.24, 2.45) is 0 Å². The van der Waals surface area contributed by atoms with E-state index in [-0.39, 0.29) is 0 Å². The summed E-state index contributed by atoms with van der Waals surface area (Å²) in [6.45, 7) is 6.48. The first-order valence-electron chi connectivity index (χ1n) is 9.57. The zero-order valence-corrected chi connectivity index (χ0v) is 15.1. The van der Waals surface area contributed by atoms with Crippen molar-refractivity contribution in [3.8, 4) is 0 Å². The van der Waals surface area contributed by atoms with E-state index in [4.69, 9.17) is 4.74 Å². The van der Waals surface area contributed by atoms with Crippen LogP contribution in [0.5, 0.6) is 0 Å². The highest BCUT2D eigenvalue weighted by Crippen LogP contribution is 2.12. The molecule has 1 unspecified atom stereocenters. The number of rotatable bonds is 17. The maximum atomic E-state index is 5.29. The highest BCUT2D eigenvalue weighted by Gasteiger charge is 2.06. The topological polar surface area (TPSA) is 21.3 Å². The van der Waals surface area contributed by atoms with Crippen LogP contribution in [0.15, 0.2) is 0 Å². The van der Waals surface area contributed by atoms with Gasteiger partial charge in [-0.15, -0.1) is 0 Å². The van der Waals surface area contributed by atoms with E-state index >= 15 is 0 Å². The minimum atomic E-state index is 0.563. The van der Waals surface area contributed by atoms with Gasteiger partial charge in [0.1, 0.15) is 0 Å². The Morgan fingerprint density at radius 2 is 1.24 bits per heavy atom. The molecule has 1 atom stereocenters. The number of ether oxygens (including phenoxy) is 1. The normalized spacial score (nSPS) is 12.7. The van der Waals surface area contributed by atoms with Gasteiger partial charge in [0.15, 0.2) is 0 Å². The van der Waals surface area contributed by atoms with Crippen molar-refractivity contribution >= 4 is 0 Å². The zero-order chi connectivity index (χ0) is 15.6. The third-order valence-corrected chi connectivity index (χ3v) is 4.21. The summed E-state index contributed by atoms with van der Waals surface area (Å²) in [5.74, 6) is 0. The monoisotopic (exact) mass is 299 g/mol.